The van der Waals surface area contributed by atoms with E-state index in [1.807, 2.05) is 12.1 Å². The van der Waals surface area contributed by atoms with E-state index in [2.05, 4.69) is 0 Å². The summed E-state index contributed by atoms with van der Waals surface area (Å²) in [7, 11) is 3.14. The first-order valence-electron chi connectivity index (χ1n) is 7.21. The monoisotopic (exact) mass is 320 g/mol. The zero-order valence-corrected chi connectivity index (χ0v) is 13.2. The molecular weight excluding hydrogens is 300 g/mol. The van der Waals surface area contributed by atoms with E-state index in [-0.39, 0.29) is 12.3 Å². The molecule has 0 unspecified atom stereocenters. The summed E-state index contributed by atoms with van der Waals surface area (Å²) >= 11 is 0. The molecule has 0 bridgehead atoms. The molecule has 124 valence electrons. The number of nitrogens with one attached hydrogen (secondary N) is 1. The number of amides is 2. The molecule has 1 aromatic rings. The molecule has 1 aromatic carbocycles. The van der Waals surface area contributed by atoms with Gasteiger partial charge >= 0.3 is 0 Å². The molecule has 0 radical (unpaired) electrons. The number of benzene rings is 1. The summed E-state index contributed by atoms with van der Waals surface area (Å²) < 4.78 is 10.5. The van der Waals surface area contributed by atoms with Gasteiger partial charge in [0.25, 0.3) is 0 Å². The predicted molar refractivity (Wildman–Crippen MR) is 82.2 cm³/mol. The number of hydrogen-bond acceptors (Lipinski definition) is 5. The van der Waals surface area contributed by atoms with Gasteiger partial charge < -0.3 is 14.4 Å². The average Bonchev–Trinajstić information content (AvgIpc) is 2.58. The van der Waals surface area contributed by atoms with Crippen LogP contribution in [0.4, 0.5) is 0 Å². The second kappa shape index (κ2) is 7.64. The molecule has 0 saturated heterocycles. The van der Waals surface area contributed by atoms with Gasteiger partial charge in [-0.05, 0) is 18.6 Å². The summed E-state index contributed by atoms with van der Waals surface area (Å²) in [5.74, 6) is 0.503. The molecule has 0 aliphatic carbocycles. The number of carbonyl (C=O) groups excluding carboxylic acids is 2. The van der Waals surface area contributed by atoms with E-state index in [1.54, 1.807) is 36.7 Å². The Morgan fingerprint density at radius 2 is 2.13 bits per heavy atom. The fourth-order valence-corrected chi connectivity index (χ4v) is 2.49. The molecule has 23 heavy (non-hydrogen) atoms. The topological polar surface area (TPSA) is 88.1 Å². The normalized spacial score (nSPS) is 14.3. The highest BCUT2D eigenvalue weighted by Crippen LogP contribution is 2.27. The third-order valence-electron chi connectivity index (χ3n) is 3.68. The van der Waals surface area contributed by atoms with Crippen molar-refractivity contribution in [1.82, 2.24) is 10.4 Å². The lowest BCUT2D eigenvalue weighted by molar-refractivity contribution is -0.132. The Labute approximate surface area is 134 Å². The first-order valence-corrected chi connectivity index (χ1v) is 7.21. The Bertz CT molecular complexity index is 627. The van der Waals surface area contributed by atoms with E-state index >= 15 is 0 Å². The summed E-state index contributed by atoms with van der Waals surface area (Å²) in [6.07, 6.45) is 2.27. The standard InChI is InChI=1S/C16H20N2O5/c1-22-13-6-5-12(14(9-13)23-2)10-18-7-3-4-11(16(18)20)8-15(19)17-21/h4-6,9,21H,3,7-8,10H2,1-2H3,(H,17,19). The summed E-state index contributed by atoms with van der Waals surface area (Å²) in [6, 6.07) is 5.42. The van der Waals surface area contributed by atoms with Gasteiger partial charge in [0.1, 0.15) is 11.5 Å². The van der Waals surface area contributed by atoms with Crippen LogP contribution in [0.1, 0.15) is 18.4 Å². The number of nitrogens with zero attached hydrogens (tertiary/aromatic N) is 1. The minimum atomic E-state index is -0.603. The quantitative estimate of drug-likeness (QED) is 0.608. The fourth-order valence-electron chi connectivity index (χ4n) is 2.49. The van der Waals surface area contributed by atoms with Crippen molar-refractivity contribution >= 4 is 11.8 Å². The van der Waals surface area contributed by atoms with Crippen molar-refractivity contribution in [3.63, 3.8) is 0 Å². The molecule has 2 amide bonds. The van der Waals surface area contributed by atoms with Crippen molar-refractivity contribution in [3.8, 4) is 11.5 Å². The van der Waals surface area contributed by atoms with Gasteiger partial charge in [0.2, 0.25) is 11.8 Å². The molecule has 1 aliphatic rings. The van der Waals surface area contributed by atoms with Crippen LogP contribution in [0.5, 0.6) is 11.5 Å². The lowest BCUT2D eigenvalue weighted by Gasteiger charge is -2.27. The minimum Gasteiger partial charge on any atom is -0.497 e. The maximum Gasteiger partial charge on any atom is 0.250 e. The highest BCUT2D eigenvalue weighted by atomic mass is 16.5. The van der Waals surface area contributed by atoms with Gasteiger partial charge in [0.05, 0.1) is 20.6 Å². The van der Waals surface area contributed by atoms with E-state index in [4.69, 9.17) is 14.7 Å². The number of hydroxylamine groups is 1. The fraction of sp³-hybridized carbons (Fsp3) is 0.375. The molecule has 7 nitrogen and oxygen atoms in total. The average molecular weight is 320 g/mol. The molecule has 0 aromatic heterocycles. The van der Waals surface area contributed by atoms with Crippen LogP contribution in [-0.4, -0.2) is 42.7 Å². The Balaban J connectivity index is 2.13. The van der Waals surface area contributed by atoms with Crippen molar-refractivity contribution in [3.05, 3.63) is 35.4 Å². The van der Waals surface area contributed by atoms with Crippen LogP contribution in [0.2, 0.25) is 0 Å². The maximum absolute atomic E-state index is 12.4. The summed E-state index contributed by atoms with van der Waals surface area (Å²) in [6.45, 7) is 0.947. The largest absolute Gasteiger partial charge is 0.497 e. The highest BCUT2D eigenvalue weighted by Gasteiger charge is 2.24. The summed E-state index contributed by atoms with van der Waals surface area (Å²) in [5.41, 5.74) is 2.78. The zero-order chi connectivity index (χ0) is 16.8. The molecule has 0 saturated carbocycles. The second-order valence-electron chi connectivity index (χ2n) is 5.13. The first-order chi connectivity index (χ1) is 11.1. The number of rotatable bonds is 6. The summed E-state index contributed by atoms with van der Waals surface area (Å²) in [4.78, 5) is 25.3. The van der Waals surface area contributed by atoms with Gasteiger partial charge in [-0.1, -0.05) is 6.08 Å². The molecule has 0 atom stereocenters. The van der Waals surface area contributed by atoms with Crippen molar-refractivity contribution in [2.45, 2.75) is 19.4 Å². The number of hydrogen-bond donors (Lipinski definition) is 2. The Kier molecular flexibility index (Phi) is 5.59. The van der Waals surface area contributed by atoms with E-state index in [0.29, 0.717) is 36.6 Å². The van der Waals surface area contributed by atoms with Gasteiger partial charge in [-0.3, -0.25) is 14.8 Å². The Hall–Kier alpha value is -2.54. The molecule has 2 rings (SSSR count). The van der Waals surface area contributed by atoms with E-state index in [0.717, 1.165) is 5.56 Å². The van der Waals surface area contributed by atoms with E-state index < -0.39 is 5.91 Å². The molecule has 0 fully saturated rings. The van der Waals surface area contributed by atoms with Crippen LogP contribution >= 0.6 is 0 Å². The predicted octanol–water partition coefficient (Wildman–Crippen LogP) is 1.26. The van der Waals surface area contributed by atoms with Gasteiger partial charge in [0, 0.05) is 30.3 Å². The molecule has 1 heterocycles. The van der Waals surface area contributed by atoms with Crippen molar-refractivity contribution < 1.29 is 24.3 Å². The second-order valence-corrected chi connectivity index (χ2v) is 5.13. The lowest BCUT2D eigenvalue weighted by Crippen LogP contribution is -2.36. The smallest absolute Gasteiger partial charge is 0.250 e. The molecule has 0 spiro atoms. The van der Waals surface area contributed by atoms with Crippen LogP contribution in [0.25, 0.3) is 0 Å². The molecule has 2 N–H and O–H groups in total. The van der Waals surface area contributed by atoms with E-state index in [1.165, 1.54) is 0 Å². The molecule has 7 heteroatoms. The van der Waals surface area contributed by atoms with Crippen molar-refractivity contribution in [2.75, 3.05) is 20.8 Å². The third kappa shape index (κ3) is 4.01. The van der Waals surface area contributed by atoms with Crippen LogP contribution in [0, 0.1) is 0 Å². The lowest BCUT2D eigenvalue weighted by atomic mass is 10.0. The number of carbonyl (C=O) groups is 2. The van der Waals surface area contributed by atoms with Crippen molar-refractivity contribution in [2.24, 2.45) is 0 Å². The van der Waals surface area contributed by atoms with Gasteiger partial charge in [-0.2, -0.15) is 0 Å². The van der Waals surface area contributed by atoms with Crippen LogP contribution in [0.3, 0.4) is 0 Å². The van der Waals surface area contributed by atoms with Crippen molar-refractivity contribution in [1.29, 1.82) is 0 Å². The minimum absolute atomic E-state index is 0.133. The third-order valence-corrected chi connectivity index (χ3v) is 3.68. The van der Waals surface area contributed by atoms with Gasteiger partial charge in [-0.15, -0.1) is 0 Å². The molecule has 1 aliphatic heterocycles. The van der Waals surface area contributed by atoms with Crippen LogP contribution < -0.4 is 15.0 Å². The molecular formula is C16H20N2O5. The Morgan fingerprint density at radius 1 is 1.35 bits per heavy atom. The highest BCUT2D eigenvalue weighted by molar-refractivity contribution is 5.99. The SMILES string of the molecule is COc1ccc(CN2CCC=C(CC(=O)NO)C2=O)c(OC)c1. The number of ether oxygens (including phenoxy) is 2. The zero-order valence-electron chi connectivity index (χ0n) is 13.2. The van der Waals surface area contributed by atoms with Gasteiger partial charge in [-0.25, -0.2) is 5.48 Å². The summed E-state index contributed by atoms with van der Waals surface area (Å²) in [5, 5.41) is 8.59. The Morgan fingerprint density at radius 3 is 2.78 bits per heavy atom. The van der Waals surface area contributed by atoms with Crippen LogP contribution in [-0.2, 0) is 16.1 Å². The van der Waals surface area contributed by atoms with Gasteiger partial charge in [0.15, 0.2) is 0 Å². The van der Waals surface area contributed by atoms with Crippen LogP contribution in [0.15, 0.2) is 29.8 Å². The maximum atomic E-state index is 12.4. The van der Waals surface area contributed by atoms with E-state index in [9.17, 15) is 9.59 Å². The number of methoxy groups -OCH3 is 2. The first kappa shape index (κ1) is 16.8.